The summed E-state index contributed by atoms with van der Waals surface area (Å²) in [7, 11) is 0. The summed E-state index contributed by atoms with van der Waals surface area (Å²) in [6, 6.07) is 5.01. The maximum atomic E-state index is 4.57. The SMILES string of the molecule is CCNC(c1ccc(C)nc1)C12CC3CC(CC(C3)C1)C2. The summed E-state index contributed by atoms with van der Waals surface area (Å²) in [4.78, 5) is 4.57. The van der Waals surface area contributed by atoms with Crippen LogP contribution in [0.3, 0.4) is 0 Å². The molecule has 5 rings (SSSR count). The first-order valence-electron chi connectivity index (χ1n) is 8.84. The number of aromatic nitrogens is 1. The van der Waals surface area contributed by atoms with Gasteiger partial charge < -0.3 is 5.32 Å². The summed E-state index contributed by atoms with van der Waals surface area (Å²) in [6.45, 7) is 5.38. The third-order valence-corrected chi connectivity index (χ3v) is 6.37. The summed E-state index contributed by atoms with van der Waals surface area (Å²) in [6.07, 6.45) is 11.0. The molecule has 0 spiro atoms. The lowest BCUT2D eigenvalue weighted by atomic mass is 9.47. The van der Waals surface area contributed by atoms with E-state index in [1.807, 2.05) is 0 Å². The van der Waals surface area contributed by atoms with Gasteiger partial charge in [0.1, 0.15) is 0 Å². The van der Waals surface area contributed by atoms with E-state index in [4.69, 9.17) is 0 Å². The van der Waals surface area contributed by atoms with E-state index >= 15 is 0 Å². The molecule has 1 atom stereocenters. The minimum atomic E-state index is 0.516. The molecule has 2 nitrogen and oxygen atoms in total. The van der Waals surface area contributed by atoms with Gasteiger partial charge in [0.15, 0.2) is 0 Å². The smallest absolute Gasteiger partial charge is 0.0392 e. The van der Waals surface area contributed by atoms with Gasteiger partial charge in [-0.1, -0.05) is 13.0 Å². The van der Waals surface area contributed by atoms with Gasteiger partial charge in [-0.05, 0) is 86.8 Å². The third kappa shape index (κ3) is 2.32. The van der Waals surface area contributed by atoms with Crippen molar-refractivity contribution in [2.75, 3.05) is 6.54 Å². The lowest BCUT2D eigenvalue weighted by Gasteiger charge is -2.59. The number of aryl methyl sites for hydroxylation is 1. The molecule has 4 saturated carbocycles. The van der Waals surface area contributed by atoms with Crippen LogP contribution in [-0.2, 0) is 0 Å². The number of hydrogen-bond donors (Lipinski definition) is 1. The second-order valence-electron chi connectivity index (χ2n) is 8.00. The summed E-state index contributed by atoms with van der Waals surface area (Å²) in [5, 5.41) is 3.84. The first-order valence-corrected chi connectivity index (χ1v) is 8.84. The topological polar surface area (TPSA) is 24.9 Å². The van der Waals surface area contributed by atoms with Crippen LogP contribution < -0.4 is 5.32 Å². The van der Waals surface area contributed by atoms with Gasteiger partial charge in [0.25, 0.3) is 0 Å². The number of hydrogen-bond acceptors (Lipinski definition) is 2. The zero-order chi connectivity index (χ0) is 14.4. The van der Waals surface area contributed by atoms with E-state index in [0.29, 0.717) is 11.5 Å². The highest BCUT2D eigenvalue weighted by molar-refractivity contribution is 5.22. The van der Waals surface area contributed by atoms with E-state index < -0.39 is 0 Å². The highest BCUT2D eigenvalue weighted by atomic mass is 14.9. The number of nitrogens with one attached hydrogen (secondary N) is 1. The van der Waals surface area contributed by atoms with E-state index in [2.05, 4.69) is 42.5 Å². The van der Waals surface area contributed by atoms with Crippen LogP contribution in [0.4, 0.5) is 0 Å². The first kappa shape index (κ1) is 13.8. The summed E-state index contributed by atoms with van der Waals surface area (Å²) in [5.41, 5.74) is 3.06. The van der Waals surface area contributed by atoms with Crippen LogP contribution in [-0.4, -0.2) is 11.5 Å². The van der Waals surface area contributed by atoms with Gasteiger partial charge in [-0.15, -0.1) is 0 Å². The first-order chi connectivity index (χ1) is 10.2. The molecule has 1 unspecified atom stereocenters. The summed E-state index contributed by atoms with van der Waals surface area (Å²) in [5.74, 6) is 3.03. The van der Waals surface area contributed by atoms with E-state index in [0.717, 1.165) is 30.0 Å². The molecule has 4 aliphatic carbocycles. The zero-order valence-corrected chi connectivity index (χ0v) is 13.4. The van der Waals surface area contributed by atoms with Crippen molar-refractivity contribution in [2.24, 2.45) is 23.2 Å². The average Bonchev–Trinajstić information content (AvgIpc) is 2.44. The summed E-state index contributed by atoms with van der Waals surface area (Å²) >= 11 is 0. The maximum absolute atomic E-state index is 4.57. The molecular weight excluding hydrogens is 256 g/mol. The van der Waals surface area contributed by atoms with Crippen molar-refractivity contribution in [3.8, 4) is 0 Å². The van der Waals surface area contributed by atoms with Gasteiger partial charge in [0.2, 0.25) is 0 Å². The molecule has 4 bridgehead atoms. The standard InChI is InChI=1S/C19H28N2/c1-3-20-18(17-5-4-13(2)21-12-17)19-9-14-6-15(10-19)8-16(7-14)11-19/h4-5,12,14-16,18,20H,3,6-11H2,1-2H3. The highest BCUT2D eigenvalue weighted by Gasteiger charge is 2.54. The molecule has 0 amide bonds. The Morgan fingerprint density at radius 2 is 1.76 bits per heavy atom. The lowest BCUT2D eigenvalue weighted by Crippen LogP contribution is -2.52. The molecule has 4 aliphatic rings. The fourth-order valence-electron chi connectivity index (χ4n) is 6.07. The Morgan fingerprint density at radius 1 is 1.14 bits per heavy atom. The molecule has 21 heavy (non-hydrogen) atoms. The van der Waals surface area contributed by atoms with Gasteiger partial charge in [-0.2, -0.15) is 0 Å². The summed E-state index contributed by atoms with van der Waals surface area (Å²) < 4.78 is 0. The van der Waals surface area contributed by atoms with E-state index in [1.54, 1.807) is 0 Å². The Labute approximate surface area is 128 Å². The minimum Gasteiger partial charge on any atom is -0.310 e. The Kier molecular flexibility index (Phi) is 3.33. The molecule has 1 heterocycles. The zero-order valence-electron chi connectivity index (χ0n) is 13.4. The Hall–Kier alpha value is -0.890. The number of nitrogens with zero attached hydrogens (tertiary/aromatic N) is 1. The quantitative estimate of drug-likeness (QED) is 0.893. The molecule has 0 radical (unpaired) electrons. The molecule has 0 aliphatic heterocycles. The van der Waals surface area contributed by atoms with E-state index in [9.17, 15) is 0 Å². The molecule has 1 N–H and O–H groups in total. The monoisotopic (exact) mass is 284 g/mol. The Bertz CT molecular complexity index is 470. The Balaban J connectivity index is 1.68. The second kappa shape index (κ2) is 5.08. The van der Waals surface area contributed by atoms with Crippen LogP contribution in [0, 0.1) is 30.1 Å². The van der Waals surface area contributed by atoms with Gasteiger partial charge in [-0.3, -0.25) is 4.98 Å². The normalized spacial score (nSPS) is 38.7. The molecule has 1 aromatic rings. The van der Waals surface area contributed by atoms with E-state index in [-0.39, 0.29) is 0 Å². The van der Waals surface area contributed by atoms with Crippen LogP contribution in [0.25, 0.3) is 0 Å². The second-order valence-corrected chi connectivity index (χ2v) is 8.00. The van der Waals surface area contributed by atoms with Crippen molar-refractivity contribution in [3.63, 3.8) is 0 Å². The largest absolute Gasteiger partial charge is 0.310 e. The fourth-order valence-corrected chi connectivity index (χ4v) is 6.07. The molecule has 114 valence electrons. The third-order valence-electron chi connectivity index (χ3n) is 6.37. The van der Waals surface area contributed by atoms with Crippen LogP contribution in [0.5, 0.6) is 0 Å². The number of pyridine rings is 1. The van der Waals surface area contributed by atoms with Crippen molar-refractivity contribution in [1.29, 1.82) is 0 Å². The van der Waals surface area contributed by atoms with Crippen molar-refractivity contribution in [1.82, 2.24) is 10.3 Å². The van der Waals surface area contributed by atoms with E-state index in [1.165, 1.54) is 44.1 Å². The van der Waals surface area contributed by atoms with Crippen LogP contribution in [0.2, 0.25) is 0 Å². The maximum Gasteiger partial charge on any atom is 0.0392 e. The van der Waals surface area contributed by atoms with Crippen LogP contribution in [0.1, 0.15) is 62.7 Å². The van der Waals surface area contributed by atoms with Gasteiger partial charge in [0, 0.05) is 17.9 Å². The lowest BCUT2D eigenvalue weighted by molar-refractivity contribution is -0.0746. The Morgan fingerprint density at radius 3 is 2.24 bits per heavy atom. The van der Waals surface area contributed by atoms with Crippen molar-refractivity contribution in [3.05, 3.63) is 29.6 Å². The molecule has 1 aromatic heterocycles. The molecular formula is C19H28N2. The predicted molar refractivity (Wildman–Crippen MR) is 86.0 cm³/mol. The molecule has 2 heteroatoms. The van der Waals surface area contributed by atoms with Gasteiger partial charge in [0.05, 0.1) is 0 Å². The van der Waals surface area contributed by atoms with Gasteiger partial charge >= 0.3 is 0 Å². The predicted octanol–water partition coefficient (Wildman–Crippen LogP) is 4.26. The molecule has 0 aromatic carbocycles. The highest BCUT2D eigenvalue weighted by Crippen LogP contribution is 2.63. The van der Waals surface area contributed by atoms with Crippen LogP contribution in [0.15, 0.2) is 18.3 Å². The van der Waals surface area contributed by atoms with Crippen molar-refractivity contribution >= 4 is 0 Å². The van der Waals surface area contributed by atoms with Gasteiger partial charge in [-0.25, -0.2) is 0 Å². The van der Waals surface area contributed by atoms with Crippen molar-refractivity contribution in [2.45, 2.75) is 58.4 Å². The van der Waals surface area contributed by atoms with Crippen LogP contribution >= 0.6 is 0 Å². The fraction of sp³-hybridized carbons (Fsp3) is 0.737. The number of rotatable bonds is 4. The molecule has 4 fully saturated rings. The molecule has 0 saturated heterocycles. The minimum absolute atomic E-state index is 0.516. The van der Waals surface area contributed by atoms with Crippen molar-refractivity contribution < 1.29 is 0 Å². The average molecular weight is 284 g/mol.